The standard InChI is InChI=1S/C29H33N5O3/c1-20-26(31-25-10-6-5-9-24(25)30-20)19-32-13-11-29(12-14-32)27(35)34(28(36)33(29)15-16-37-2)23-17-21-7-3-4-8-22(21)18-23/h3-10,23H,11-19H2,1-2H3. The molecule has 3 heterocycles. The largest absolute Gasteiger partial charge is 0.383 e. The molecule has 2 aromatic carbocycles. The Morgan fingerprint density at radius 2 is 1.57 bits per heavy atom. The molecule has 0 atom stereocenters. The predicted octanol–water partition coefficient (Wildman–Crippen LogP) is 3.35. The van der Waals surface area contributed by atoms with Crippen LogP contribution in [0.1, 0.15) is 35.4 Å². The molecular weight excluding hydrogens is 466 g/mol. The van der Waals surface area contributed by atoms with Crippen molar-refractivity contribution in [3.63, 3.8) is 0 Å². The maximum Gasteiger partial charge on any atom is 0.328 e. The van der Waals surface area contributed by atoms with Gasteiger partial charge in [0.25, 0.3) is 5.91 Å². The molecule has 2 fully saturated rings. The normalized spacial score (nSPS) is 19.9. The summed E-state index contributed by atoms with van der Waals surface area (Å²) in [6.07, 6.45) is 2.68. The number of rotatable bonds is 6. The van der Waals surface area contributed by atoms with Crippen LogP contribution >= 0.6 is 0 Å². The number of nitrogens with zero attached hydrogens (tertiary/aromatic N) is 5. The van der Waals surface area contributed by atoms with Gasteiger partial charge in [0.1, 0.15) is 5.54 Å². The minimum atomic E-state index is -0.801. The lowest BCUT2D eigenvalue weighted by atomic mass is 9.85. The number of likely N-dealkylation sites (tertiary alicyclic amines) is 1. The van der Waals surface area contributed by atoms with Gasteiger partial charge in [-0.2, -0.15) is 0 Å². The molecule has 0 saturated carbocycles. The fourth-order valence-electron chi connectivity index (χ4n) is 6.32. The third-order valence-corrected chi connectivity index (χ3v) is 8.38. The van der Waals surface area contributed by atoms with Gasteiger partial charge in [0.15, 0.2) is 0 Å². The number of hydrogen-bond donors (Lipinski definition) is 0. The van der Waals surface area contributed by atoms with Gasteiger partial charge < -0.3 is 9.64 Å². The molecule has 3 aromatic rings. The first-order valence-electron chi connectivity index (χ1n) is 13.2. The molecule has 1 aliphatic carbocycles. The number of aryl methyl sites for hydroxylation is 1. The second-order valence-corrected chi connectivity index (χ2v) is 10.5. The zero-order chi connectivity index (χ0) is 25.6. The molecule has 3 aliphatic rings. The van der Waals surface area contributed by atoms with E-state index < -0.39 is 5.54 Å². The molecule has 1 aromatic heterocycles. The Bertz CT molecular complexity index is 1330. The van der Waals surface area contributed by atoms with Gasteiger partial charge in [0, 0.05) is 39.3 Å². The van der Waals surface area contributed by atoms with E-state index >= 15 is 0 Å². The summed E-state index contributed by atoms with van der Waals surface area (Å²) in [4.78, 5) is 43.1. The number of piperidine rings is 1. The van der Waals surface area contributed by atoms with Crippen LogP contribution in [0, 0.1) is 6.92 Å². The highest BCUT2D eigenvalue weighted by atomic mass is 16.5. The predicted molar refractivity (Wildman–Crippen MR) is 140 cm³/mol. The highest BCUT2D eigenvalue weighted by Crippen LogP contribution is 2.40. The van der Waals surface area contributed by atoms with Gasteiger partial charge in [0.05, 0.1) is 29.0 Å². The minimum absolute atomic E-state index is 0.0345. The second kappa shape index (κ2) is 9.50. The van der Waals surface area contributed by atoms with Crippen molar-refractivity contribution in [1.82, 2.24) is 24.7 Å². The number of carbonyl (C=O) groups is 2. The Morgan fingerprint density at radius 3 is 2.22 bits per heavy atom. The van der Waals surface area contributed by atoms with Crippen LogP contribution in [0.3, 0.4) is 0 Å². The average molecular weight is 500 g/mol. The molecule has 2 saturated heterocycles. The molecule has 37 heavy (non-hydrogen) atoms. The molecule has 8 heteroatoms. The zero-order valence-electron chi connectivity index (χ0n) is 21.5. The number of para-hydroxylation sites is 2. The maximum atomic E-state index is 14.1. The Morgan fingerprint density at radius 1 is 0.946 bits per heavy atom. The third-order valence-electron chi connectivity index (χ3n) is 8.38. The Hall–Kier alpha value is -3.36. The number of fused-ring (bicyclic) bond motifs is 2. The molecule has 3 amide bonds. The summed E-state index contributed by atoms with van der Waals surface area (Å²) in [5.41, 5.74) is 5.36. The fourth-order valence-corrected chi connectivity index (χ4v) is 6.32. The van der Waals surface area contributed by atoms with Gasteiger partial charge in [-0.3, -0.25) is 14.6 Å². The number of amides is 3. The molecule has 0 radical (unpaired) electrons. The van der Waals surface area contributed by atoms with Crippen molar-refractivity contribution >= 4 is 23.0 Å². The van der Waals surface area contributed by atoms with E-state index in [0.717, 1.165) is 48.4 Å². The Kier molecular flexibility index (Phi) is 6.16. The number of carbonyl (C=O) groups excluding carboxylic acids is 2. The van der Waals surface area contributed by atoms with Gasteiger partial charge in [0.2, 0.25) is 0 Å². The molecule has 0 bridgehead atoms. The van der Waals surface area contributed by atoms with E-state index in [4.69, 9.17) is 14.7 Å². The van der Waals surface area contributed by atoms with Crippen LogP contribution in [0.4, 0.5) is 4.79 Å². The number of aromatic nitrogens is 2. The number of hydrogen-bond acceptors (Lipinski definition) is 6. The van der Waals surface area contributed by atoms with Crippen molar-refractivity contribution in [3.05, 3.63) is 71.0 Å². The van der Waals surface area contributed by atoms with Crippen LogP contribution in [0.5, 0.6) is 0 Å². The van der Waals surface area contributed by atoms with Crippen molar-refractivity contribution in [1.29, 1.82) is 0 Å². The SMILES string of the molecule is COCCN1C(=O)N(C2Cc3ccccc3C2)C(=O)C12CCN(Cc1nc3ccccc3nc1C)CC2. The first-order chi connectivity index (χ1) is 18.0. The van der Waals surface area contributed by atoms with Gasteiger partial charge in [-0.1, -0.05) is 36.4 Å². The van der Waals surface area contributed by atoms with E-state index in [9.17, 15) is 9.59 Å². The van der Waals surface area contributed by atoms with E-state index in [1.807, 2.05) is 43.3 Å². The van der Waals surface area contributed by atoms with Crippen LogP contribution in [0.15, 0.2) is 48.5 Å². The number of imide groups is 1. The lowest BCUT2D eigenvalue weighted by Crippen LogP contribution is -2.57. The Labute approximate surface area is 217 Å². The highest BCUT2D eigenvalue weighted by Gasteiger charge is 2.59. The molecule has 6 rings (SSSR count). The van der Waals surface area contributed by atoms with Crippen molar-refractivity contribution in [3.8, 4) is 0 Å². The molecule has 1 spiro atoms. The molecule has 0 N–H and O–H groups in total. The second-order valence-electron chi connectivity index (χ2n) is 10.5. The summed E-state index contributed by atoms with van der Waals surface area (Å²) >= 11 is 0. The maximum absolute atomic E-state index is 14.1. The van der Waals surface area contributed by atoms with Crippen LogP contribution in [0.25, 0.3) is 11.0 Å². The first kappa shape index (κ1) is 24.0. The molecule has 192 valence electrons. The van der Waals surface area contributed by atoms with Gasteiger partial charge in [-0.25, -0.2) is 14.8 Å². The topological polar surface area (TPSA) is 78.9 Å². The van der Waals surface area contributed by atoms with Gasteiger partial charge in [-0.05, 0) is 55.9 Å². The van der Waals surface area contributed by atoms with Crippen LogP contribution in [0.2, 0.25) is 0 Å². The van der Waals surface area contributed by atoms with E-state index in [2.05, 4.69) is 17.0 Å². The first-order valence-corrected chi connectivity index (χ1v) is 13.2. The van der Waals surface area contributed by atoms with E-state index in [1.54, 1.807) is 16.9 Å². The van der Waals surface area contributed by atoms with Gasteiger partial charge >= 0.3 is 6.03 Å². The molecular formula is C29H33N5O3. The molecule has 8 nitrogen and oxygen atoms in total. The fraction of sp³-hybridized carbons (Fsp3) is 0.448. The smallest absolute Gasteiger partial charge is 0.328 e. The van der Waals surface area contributed by atoms with Crippen molar-refractivity contribution in [2.45, 2.75) is 50.7 Å². The minimum Gasteiger partial charge on any atom is -0.383 e. The number of benzene rings is 2. The van der Waals surface area contributed by atoms with Crippen molar-refractivity contribution < 1.29 is 14.3 Å². The molecule has 0 unspecified atom stereocenters. The summed E-state index contributed by atoms with van der Waals surface area (Å²) in [6.45, 7) is 4.96. The van der Waals surface area contributed by atoms with E-state index in [0.29, 0.717) is 32.5 Å². The quantitative estimate of drug-likeness (QED) is 0.484. The zero-order valence-corrected chi connectivity index (χ0v) is 21.5. The lowest BCUT2D eigenvalue weighted by Gasteiger charge is -2.42. The lowest BCUT2D eigenvalue weighted by molar-refractivity contribution is -0.137. The number of methoxy groups -OCH3 is 1. The summed E-state index contributed by atoms with van der Waals surface area (Å²) < 4.78 is 5.33. The number of urea groups is 1. The summed E-state index contributed by atoms with van der Waals surface area (Å²) in [5, 5.41) is 0. The summed E-state index contributed by atoms with van der Waals surface area (Å²) in [5.74, 6) is -0.0345. The Balaban J connectivity index is 1.21. The highest BCUT2D eigenvalue weighted by molar-refractivity contribution is 6.07. The summed E-state index contributed by atoms with van der Waals surface area (Å²) in [7, 11) is 1.63. The van der Waals surface area contributed by atoms with Crippen molar-refractivity contribution in [2.75, 3.05) is 33.4 Å². The van der Waals surface area contributed by atoms with Crippen LogP contribution < -0.4 is 0 Å². The van der Waals surface area contributed by atoms with Crippen LogP contribution in [-0.4, -0.2) is 81.5 Å². The van der Waals surface area contributed by atoms with Gasteiger partial charge in [-0.15, -0.1) is 0 Å². The van der Waals surface area contributed by atoms with Crippen molar-refractivity contribution in [2.24, 2.45) is 0 Å². The van der Waals surface area contributed by atoms with Crippen LogP contribution in [-0.2, 0) is 28.9 Å². The van der Waals surface area contributed by atoms with E-state index in [1.165, 1.54) is 11.1 Å². The monoisotopic (exact) mass is 499 g/mol. The average Bonchev–Trinajstić information content (AvgIpc) is 3.41. The molecule has 2 aliphatic heterocycles. The summed E-state index contributed by atoms with van der Waals surface area (Å²) in [6, 6.07) is 15.9. The third kappa shape index (κ3) is 4.08. The van der Waals surface area contributed by atoms with E-state index in [-0.39, 0.29) is 18.0 Å². The number of ether oxygens (including phenoxy) is 1.